The number of rotatable bonds is 3. The van der Waals surface area contributed by atoms with Gasteiger partial charge in [-0.3, -0.25) is 4.79 Å². The van der Waals surface area contributed by atoms with Crippen LogP contribution in [-0.2, 0) is 9.53 Å². The largest absolute Gasteiger partial charge is 0.468 e. The number of benzene rings is 1. The van der Waals surface area contributed by atoms with Crippen LogP contribution < -0.4 is 0 Å². The summed E-state index contributed by atoms with van der Waals surface area (Å²) in [6.07, 6.45) is 0. The topological polar surface area (TPSA) is 26.3 Å². The number of hydrogen-bond donors (Lipinski definition) is 0. The number of methoxy groups -OCH3 is 1. The van der Waals surface area contributed by atoms with Gasteiger partial charge in [-0.2, -0.15) is 0 Å². The van der Waals surface area contributed by atoms with Crippen molar-refractivity contribution in [2.45, 2.75) is 4.90 Å². The number of hydrogen-bond acceptors (Lipinski definition) is 3. The molecule has 0 aliphatic heterocycles. The third-order valence-electron chi connectivity index (χ3n) is 1.33. The number of carbonyl (C=O) groups excluding carboxylic acids is 1. The molecule has 0 atom stereocenters. The Morgan fingerprint density at radius 1 is 1.42 bits per heavy atom. The Kier molecular flexibility index (Phi) is 3.67. The predicted molar refractivity (Wildman–Crippen MR) is 49.2 cm³/mol. The van der Waals surface area contributed by atoms with E-state index < -0.39 is 0 Å². The van der Waals surface area contributed by atoms with E-state index in [4.69, 9.17) is 0 Å². The second-order valence-electron chi connectivity index (χ2n) is 2.18. The summed E-state index contributed by atoms with van der Waals surface area (Å²) in [5.74, 6) is 0.185. The molecular weight excluding hydrogens is 173 g/mol. The van der Waals surface area contributed by atoms with Gasteiger partial charge < -0.3 is 4.74 Å². The highest BCUT2D eigenvalue weighted by Gasteiger charge is 2.00. The van der Waals surface area contributed by atoms with Crippen molar-refractivity contribution in [3.8, 4) is 0 Å². The molecule has 0 fully saturated rings. The number of carbonyl (C=O) groups is 1. The van der Waals surface area contributed by atoms with Crippen molar-refractivity contribution >= 4 is 17.7 Å². The molecule has 0 amide bonds. The van der Waals surface area contributed by atoms with Crippen molar-refractivity contribution in [3.05, 3.63) is 30.3 Å². The average Bonchev–Trinajstić information content (AvgIpc) is 2.16. The highest BCUT2D eigenvalue weighted by atomic mass is 32.2. The van der Waals surface area contributed by atoms with Crippen LogP contribution in [0.1, 0.15) is 0 Å². The van der Waals surface area contributed by atoms with Gasteiger partial charge in [-0.25, -0.2) is 0 Å². The fraction of sp³-hybridized carbons (Fsp3) is 0.222. The SMILES string of the molecule is CO[13C](=O)CSc1ccccc1. The van der Waals surface area contributed by atoms with E-state index in [1.165, 1.54) is 18.9 Å². The van der Waals surface area contributed by atoms with E-state index in [1.54, 1.807) is 0 Å². The predicted octanol–water partition coefficient (Wildman–Crippen LogP) is 1.95. The van der Waals surface area contributed by atoms with Gasteiger partial charge in [-0.1, -0.05) is 18.2 Å². The minimum Gasteiger partial charge on any atom is -0.468 e. The first-order chi connectivity index (χ1) is 5.83. The lowest BCUT2D eigenvalue weighted by Crippen LogP contribution is -2.02. The van der Waals surface area contributed by atoms with Crippen LogP contribution in [0.2, 0.25) is 0 Å². The fourth-order valence-electron chi connectivity index (χ4n) is 0.718. The lowest BCUT2D eigenvalue weighted by Gasteiger charge is -1.98. The maximum absolute atomic E-state index is 10.7. The third-order valence-corrected chi connectivity index (χ3v) is 2.31. The van der Waals surface area contributed by atoms with E-state index in [0.29, 0.717) is 5.75 Å². The normalized spacial score (nSPS) is 9.42. The standard InChI is InChI=1S/C9H10O2S/c1-11-9(10)7-12-8-5-3-2-4-6-8/h2-6H,7H2,1H3/i9+1. The van der Waals surface area contributed by atoms with Crippen LogP contribution >= 0.6 is 11.8 Å². The smallest absolute Gasteiger partial charge is 0.315 e. The molecule has 3 heteroatoms. The van der Waals surface area contributed by atoms with Crippen molar-refractivity contribution in [2.24, 2.45) is 0 Å². The Balaban J connectivity index is 2.38. The van der Waals surface area contributed by atoms with Crippen molar-refractivity contribution < 1.29 is 9.53 Å². The first-order valence-corrected chi connectivity index (χ1v) is 4.56. The van der Waals surface area contributed by atoms with Crippen LogP contribution in [0.3, 0.4) is 0 Å². The Hall–Kier alpha value is -0.960. The molecule has 0 N–H and O–H groups in total. The Morgan fingerprint density at radius 2 is 2.08 bits per heavy atom. The summed E-state index contributed by atoms with van der Waals surface area (Å²) in [5, 5.41) is 0. The lowest BCUT2D eigenvalue weighted by atomic mass is 10.4. The first kappa shape index (κ1) is 9.13. The summed E-state index contributed by atoms with van der Waals surface area (Å²) in [4.78, 5) is 11.8. The highest BCUT2D eigenvalue weighted by molar-refractivity contribution is 8.00. The van der Waals surface area contributed by atoms with Crippen LogP contribution in [0.15, 0.2) is 35.2 Å². The zero-order chi connectivity index (χ0) is 8.81. The summed E-state index contributed by atoms with van der Waals surface area (Å²) >= 11 is 1.48. The molecule has 1 aromatic carbocycles. The Bertz CT molecular complexity index is 246. The van der Waals surface area contributed by atoms with E-state index in [0.717, 1.165) is 4.90 Å². The molecule has 0 spiro atoms. The van der Waals surface area contributed by atoms with Crippen molar-refractivity contribution in [3.63, 3.8) is 0 Å². The molecule has 1 aromatic rings. The first-order valence-electron chi connectivity index (χ1n) is 3.57. The Labute approximate surface area is 75.9 Å². The molecule has 1 rings (SSSR count). The van der Waals surface area contributed by atoms with E-state index >= 15 is 0 Å². The second-order valence-corrected chi connectivity index (χ2v) is 3.23. The molecule has 0 saturated heterocycles. The second kappa shape index (κ2) is 4.83. The van der Waals surface area contributed by atoms with Crippen LogP contribution in [0, 0.1) is 0 Å². The van der Waals surface area contributed by atoms with Crippen LogP contribution in [0.4, 0.5) is 0 Å². The molecule has 12 heavy (non-hydrogen) atoms. The van der Waals surface area contributed by atoms with Crippen molar-refractivity contribution in [1.82, 2.24) is 0 Å². The third kappa shape index (κ3) is 2.96. The molecule has 0 aliphatic carbocycles. The zero-order valence-corrected chi connectivity index (χ0v) is 7.64. The molecular formula is C9H10O2S. The molecule has 2 nitrogen and oxygen atoms in total. The minimum absolute atomic E-state index is 0.191. The van der Waals surface area contributed by atoms with Gasteiger partial charge in [0.25, 0.3) is 0 Å². The molecule has 0 radical (unpaired) electrons. The Morgan fingerprint density at radius 3 is 2.67 bits per heavy atom. The van der Waals surface area contributed by atoms with Gasteiger partial charge >= 0.3 is 5.97 Å². The zero-order valence-electron chi connectivity index (χ0n) is 6.82. The summed E-state index contributed by atoms with van der Waals surface area (Å²) in [7, 11) is 1.40. The number of esters is 1. The maximum Gasteiger partial charge on any atom is 0.315 e. The maximum atomic E-state index is 10.7. The van der Waals surface area contributed by atoms with E-state index in [-0.39, 0.29) is 5.97 Å². The van der Waals surface area contributed by atoms with E-state index in [1.807, 2.05) is 30.3 Å². The molecule has 0 unspecified atom stereocenters. The van der Waals surface area contributed by atoms with Gasteiger partial charge in [0.1, 0.15) is 0 Å². The van der Waals surface area contributed by atoms with E-state index in [9.17, 15) is 4.79 Å². The van der Waals surface area contributed by atoms with Gasteiger partial charge in [0.05, 0.1) is 12.9 Å². The number of ether oxygens (including phenoxy) is 1. The van der Waals surface area contributed by atoms with Gasteiger partial charge in [0.15, 0.2) is 0 Å². The molecule has 0 bridgehead atoms. The lowest BCUT2D eigenvalue weighted by molar-refractivity contribution is -0.137. The highest BCUT2D eigenvalue weighted by Crippen LogP contribution is 2.16. The summed E-state index contributed by atoms with van der Waals surface area (Å²) < 4.78 is 4.51. The van der Waals surface area contributed by atoms with E-state index in [2.05, 4.69) is 4.74 Å². The summed E-state index contributed by atoms with van der Waals surface area (Å²) in [6, 6.07) is 9.77. The van der Waals surface area contributed by atoms with Crippen LogP contribution in [0.5, 0.6) is 0 Å². The summed E-state index contributed by atoms with van der Waals surface area (Å²) in [5.41, 5.74) is 0. The molecule has 0 aromatic heterocycles. The minimum atomic E-state index is -0.191. The quantitative estimate of drug-likeness (QED) is 0.407. The van der Waals surface area contributed by atoms with Gasteiger partial charge in [-0.15, -0.1) is 11.8 Å². The molecule has 0 saturated carbocycles. The van der Waals surface area contributed by atoms with Gasteiger partial charge in [-0.05, 0) is 12.1 Å². The van der Waals surface area contributed by atoms with Gasteiger partial charge in [0.2, 0.25) is 0 Å². The molecule has 0 heterocycles. The average molecular weight is 183 g/mol. The fourth-order valence-corrected chi connectivity index (χ4v) is 1.47. The van der Waals surface area contributed by atoms with Crippen molar-refractivity contribution in [2.75, 3.05) is 12.9 Å². The van der Waals surface area contributed by atoms with Crippen LogP contribution in [-0.4, -0.2) is 18.8 Å². The monoisotopic (exact) mass is 183 g/mol. The van der Waals surface area contributed by atoms with Crippen molar-refractivity contribution in [1.29, 1.82) is 0 Å². The van der Waals surface area contributed by atoms with Gasteiger partial charge in [0, 0.05) is 4.90 Å². The number of thioether (sulfide) groups is 1. The summed E-state index contributed by atoms with van der Waals surface area (Å²) in [6.45, 7) is 0. The van der Waals surface area contributed by atoms with Crippen LogP contribution in [0.25, 0.3) is 0 Å². The molecule has 64 valence electrons. The molecule has 0 aliphatic rings.